The molecule has 144 valence electrons. The van der Waals surface area contributed by atoms with Crippen LogP contribution in [0.1, 0.15) is 20.7 Å². The Hall–Kier alpha value is -2.24. The van der Waals surface area contributed by atoms with E-state index in [0.717, 1.165) is 0 Å². The quantitative estimate of drug-likeness (QED) is 0.273. The molecule has 0 aliphatic carbocycles. The van der Waals surface area contributed by atoms with Gasteiger partial charge in [0, 0.05) is 10.6 Å². The Bertz CT molecular complexity index is 834. The first-order valence-electron chi connectivity index (χ1n) is 7.20. The second kappa shape index (κ2) is 13.1. The number of carbonyl (C=O) groups is 2. The van der Waals surface area contributed by atoms with Gasteiger partial charge in [-0.05, 0) is 24.3 Å². The second-order valence-electron chi connectivity index (χ2n) is 4.62. The molecule has 0 aliphatic rings. The second-order valence-corrected chi connectivity index (χ2v) is 5.27. The molecule has 2 aromatic carbocycles. The van der Waals surface area contributed by atoms with Crippen molar-refractivity contribution in [1.29, 1.82) is 0 Å². The number of hydrogen-bond donors (Lipinski definition) is 0. The van der Waals surface area contributed by atoms with Gasteiger partial charge in [0.05, 0.1) is 11.1 Å². The van der Waals surface area contributed by atoms with Crippen LogP contribution in [-0.4, -0.2) is 19.1 Å². The van der Waals surface area contributed by atoms with Gasteiger partial charge >= 0.3 is 38.0 Å². The van der Waals surface area contributed by atoms with E-state index in [0.29, 0.717) is 0 Å². The van der Waals surface area contributed by atoms with Gasteiger partial charge in [-0.1, -0.05) is 34.5 Å². The van der Waals surface area contributed by atoms with Gasteiger partial charge in [-0.25, -0.2) is 0 Å². The van der Waals surface area contributed by atoms with Crippen molar-refractivity contribution < 1.29 is 50.6 Å². The van der Waals surface area contributed by atoms with E-state index in [4.69, 9.17) is 7.66 Å². The van der Waals surface area contributed by atoms with Crippen molar-refractivity contribution in [3.63, 3.8) is 0 Å². The summed E-state index contributed by atoms with van der Waals surface area (Å²) < 4.78 is 18.1. The van der Waals surface area contributed by atoms with Crippen molar-refractivity contribution in [2.24, 2.45) is 20.8 Å². The van der Waals surface area contributed by atoms with Gasteiger partial charge in [-0.3, -0.25) is 9.59 Å². The molecule has 2 rings (SSSR count). The van der Waals surface area contributed by atoms with E-state index in [1.54, 1.807) is 24.3 Å². The predicted molar refractivity (Wildman–Crippen MR) is 98.3 cm³/mol. The van der Waals surface area contributed by atoms with Crippen LogP contribution in [0.2, 0.25) is 0 Å². The molecule has 0 radical (unpaired) electrons. The van der Waals surface area contributed by atoms with Crippen LogP contribution in [0.4, 0.5) is 0 Å². The van der Waals surface area contributed by atoms with Gasteiger partial charge in [-0.15, -0.1) is 0 Å². The van der Waals surface area contributed by atoms with Crippen LogP contribution in [0.3, 0.4) is 0 Å². The zero-order chi connectivity index (χ0) is 20.4. The van der Waals surface area contributed by atoms with E-state index >= 15 is 0 Å². The van der Waals surface area contributed by atoms with Crippen LogP contribution in [0.5, 0.6) is 11.5 Å². The summed E-state index contributed by atoms with van der Waals surface area (Å²) in [5, 5.41) is 23.6. The Kier molecular flexibility index (Phi) is 11.2. The Morgan fingerprint density at radius 2 is 1.17 bits per heavy atom. The average Bonchev–Trinajstić information content (AvgIpc) is 2.73. The monoisotopic (exact) mass is 520 g/mol. The molecule has 0 heterocycles. The van der Waals surface area contributed by atoms with E-state index < -0.39 is 19.1 Å². The van der Waals surface area contributed by atoms with E-state index in [2.05, 4.69) is 62.8 Å². The van der Waals surface area contributed by atoms with Gasteiger partial charge < -0.3 is 22.2 Å². The number of halogens is 2. The molecule has 0 aliphatic heterocycles. The molecule has 0 bridgehead atoms. The Morgan fingerprint density at radius 3 is 1.55 bits per heavy atom. The number of amides is 2. The molecular formula is C14H8BBr2LiN4O7. The molecule has 15 heteroatoms. The first-order chi connectivity index (χ1) is 13.6. The maximum absolute atomic E-state index is 11.8. The summed E-state index contributed by atoms with van der Waals surface area (Å²) in [6.07, 6.45) is 0. The fourth-order valence-corrected chi connectivity index (χ4v) is 2.31. The van der Waals surface area contributed by atoms with Crippen LogP contribution < -0.4 is 31.5 Å². The van der Waals surface area contributed by atoms with Gasteiger partial charge in [-0.2, -0.15) is 0 Å². The summed E-state index contributed by atoms with van der Waals surface area (Å²) in [6, 6.07) is 12.3. The molecule has 2 amide bonds. The van der Waals surface area contributed by atoms with Crippen LogP contribution in [-0.2, 0) is 9.51 Å². The van der Waals surface area contributed by atoms with Crippen molar-refractivity contribution in [3.05, 3.63) is 59.7 Å². The summed E-state index contributed by atoms with van der Waals surface area (Å²) in [4.78, 5) is 23.7. The minimum Gasteiger partial charge on any atom is -0.805 e. The van der Waals surface area contributed by atoms with Gasteiger partial charge in [0.2, 0.25) is 0 Å². The van der Waals surface area contributed by atoms with Gasteiger partial charge in [0.25, 0.3) is 0 Å². The number of nitrogens with zero attached hydrogens (tertiary/aromatic N) is 4. The Labute approximate surface area is 193 Å². The molecule has 0 saturated heterocycles. The maximum Gasteiger partial charge on any atom is 1.00 e. The third-order valence-electron chi connectivity index (χ3n) is 2.93. The van der Waals surface area contributed by atoms with Crippen molar-refractivity contribution in [1.82, 2.24) is 0 Å². The summed E-state index contributed by atoms with van der Waals surface area (Å²) in [6.45, 7) is 0. The van der Waals surface area contributed by atoms with E-state index in [-0.39, 0.29) is 41.5 Å². The fraction of sp³-hybridized carbons (Fsp3) is 0. The van der Waals surface area contributed by atoms with Crippen molar-refractivity contribution in [2.75, 3.05) is 0 Å². The van der Waals surface area contributed by atoms with Gasteiger partial charge in [0.15, 0.2) is 32.5 Å². The third-order valence-corrected chi connectivity index (χ3v) is 3.63. The minimum atomic E-state index is -2.31. The number of para-hydroxylation sites is 2. The normalized spacial score (nSPS) is 10.3. The molecular weight excluding hydrogens is 514 g/mol. The number of carbonyl (C=O) groups excluding carboxylic acids is 2. The number of benzene rings is 2. The van der Waals surface area contributed by atoms with Crippen molar-refractivity contribution in [3.8, 4) is 11.5 Å². The smallest absolute Gasteiger partial charge is 0.805 e. The first-order valence-corrected chi connectivity index (χ1v) is 8.49. The topological polar surface area (TPSA) is 144 Å². The standard InChI is InChI=1S/C14H8BBr2N4O7.Li/c16-25-11-7-3-1-5-9(11)13(22)18-20-27-15(24)28-21-19-14(23)10-6-2-4-8-12(10)26-17;/h1-8H;/q-1;+1. The number of hydrogen-bond acceptors (Lipinski definition) is 9. The molecule has 0 spiro atoms. The Balaban J connectivity index is 0.00000420. The zero-order valence-electron chi connectivity index (χ0n) is 14.6. The minimum absolute atomic E-state index is 0. The van der Waals surface area contributed by atoms with Crippen LogP contribution >= 0.6 is 32.5 Å². The molecule has 0 saturated carbocycles. The molecule has 0 N–H and O–H groups in total. The van der Waals surface area contributed by atoms with Crippen LogP contribution in [0.15, 0.2) is 69.3 Å². The van der Waals surface area contributed by atoms with E-state index in [9.17, 15) is 14.6 Å². The van der Waals surface area contributed by atoms with Crippen LogP contribution in [0.25, 0.3) is 0 Å². The van der Waals surface area contributed by atoms with Crippen molar-refractivity contribution in [2.45, 2.75) is 0 Å². The summed E-state index contributed by atoms with van der Waals surface area (Å²) in [5.74, 6) is -1.27. The molecule has 0 unspecified atom stereocenters. The Morgan fingerprint density at radius 1 is 0.793 bits per heavy atom. The summed E-state index contributed by atoms with van der Waals surface area (Å²) in [5.41, 5.74) is 0.154. The molecule has 29 heavy (non-hydrogen) atoms. The van der Waals surface area contributed by atoms with Gasteiger partial charge in [0.1, 0.15) is 11.5 Å². The molecule has 2 aromatic rings. The largest absolute Gasteiger partial charge is 1.00 e. The number of rotatable bonds is 8. The van der Waals surface area contributed by atoms with E-state index in [1.807, 2.05) is 0 Å². The third kappa shape index (κ3) is 7.60. The average molecular weight is 522 g/mol. The fourth-order valence-electron chi connectivity index (χ4n) is 1.75. The molecule has 11 nitrogen and oxygen atoms in total. The summed E-state index contributed by atoms with van der Waals surface area (Å²) >= 11 is 5.49. The summed E-state index contributed by atoms with van der Waals surface area (Å²) in [7, 11) is -2.31. The molecule has 0 atom stereocenters. The first kappa shape index (κ1) is 24.8. The molecule has 0 fully saturated rings. The predicted octanol–water partition coefficient (Wildman–Crippen LogP) is 0.161. The van der Waals surface area contributed by atoms with Crippen LogP contribution in [0, 0.1) is 0 Å². The van der Waals surface area contributed by atoms with Crippen molar-refractivity contribution >= 4 is 51.7 Å². The SMILES string of the molecule is O=C(N=NOB([O-])ON=NC(=O)c1ccccc1OBr)c1ccccc1OBr.[Li+]. The molecule has 0 aromatic heterocycles. The zero-order valence-corrected chi connectivity index (χ0v) is 17.8. The van der Waals surface area contributed by atoms with E-state index in [1.165, 1.54) is 24.3 Å². The maximum atomic E-state index is 11.8.